The first-order chi connectivity index (χ1) is 10.3. The third kappa shape index (κ3) is 4.52. The van der Waals surface area contributed by atoms with Gasteiger partial charge in [0.25, 0.3) is 0 Å². The predicted octanol–water partition coefficient (Wildman–Crippen LogP) is 3.73. The second-order valence-electron chi connectivity index (χ2n) is 6.09. The molecule has 1 N–H and O–H groups in total. The van der Waals surface area contributed by atoms with Crippen LogP contribution in [0.15, 0.2) is 24.4 Å². The lowest BCUT2D eigenvalue weighted by atomic mass is 9.77. The Kier molecular flexibility index (Phi) is 6.65. The van der Waals surface area contributed by atoms with E-state index >= 15 is 0 Å². The molecule has 2 rings (SSSR count). The van der Waals surface area contributed by atoms with Gasteiger partial charge in [-0.25, -0.2) is 0 Å². The fourth-order valence-corrected chi connectivity index (χ4v) is 3.52. The van der Waals surface area contributed by atoms with Crippen LogP contribution in [0.3, 0.4) is 0 Å². The van der Waals surface area contributed by atoms with E-state index in [1.54, 1.807) is 0 Å². The van der Waals surface area contributed by atoms with Crippen LogP contribution in [0.5, 0.6) is 0 Å². The van der Waals surface area contributed by atoms with Gasteiger partial charge in [0, 0.05) is 31.0 Å². The molecular weight excluding hydrogens is 260 g/mol. The number of nitrogens with zero attached hydrogens (tertiary/aromatic N) is 1. The zero-order valence-electron chi connectivity index (χ0n) is 13.6. The Bertz CT molecular complexity index is 382. The van der Waals surface area contributed by atoms with Crippen LogP contribution in [-0.4, -0.2) is 29.8 Å². The van der Waals surface area contributed by atoms with E-state index < -0.39 is 0 Å². The third-order valence-corrected chi connectivity index (χ3v) is 4.55. The van der Waals surface area contributed by atoms with Crippen molar-refractivity contribution in [3.05, 3.63) is 30.1 Å². The first-order valence-electron chi connectivity index (χ1n) is 8.58. The molecule has 1 aliphatic carbocycles. The average molecular weight is 290 g/mol. The van der Waals surface area contributed by atoms with Gasteiger partial charge in [0.15, 0.2) is 0 Å². The summed E-state index contributed by atoms with van der Waals surface area (Å²) >= 11 is 0. The maximum absolute atomic E-state index is 6.31. The largest absolute Gasteiger partial charge is 0.374 e. The molecule has 1 saturated carbocycles. The van der Waals surface area contributed by atoms with Gasteiger partial charge in [-0.05, 0) is 44.9 Å². The molecule has 0 bridgehead atoms. The van der Waals surface area contributed by atoms with Crippen molar-refractivity contribution in [2.45, 2.75) is 70.4 Å². The molecular formula is C18H30N2O. The van der Waals surface area contributed by atoms with E-state index in [2.05, 4.69) is 36.3 Å². The fraction of sp³-hybridized carbons (Fsp3) is 0.722. The maximum Gasteiger partial charge on any atom is 0.0838 e. The summed E-state index contributed by atoms with van der Waals surface area (Å²) in [7, 11) is 0. The summed E-state index contributed by atoms with van der Waals surface area (Å²) in [6, 6.07) is 6.56. The number of nitrogens with one attached hydrogen (secondary N) is 1. The third-order valence-electron chi connectivity index (χ3n) is 4.55. The highest BCUT2D eigenvalue weighted by Crippen LogP contribution is 2.35. The molecule has 21 heavy (non-hydrogen) atoms. The molecule has 118 valence electrons. The Labute approximate surface area is 129 Å². The first kappa shape index (κ1) is 16.4. The van der Waals surface area contributed by atoms with Gasteiger partial charge in [-0.15, -0.1) is 0 Å². The summed E-state index contributed by atoms with van der Waals surface area (Å²) in [5.74, 6) is 0. The van der Waals surface area contributed by atoms with Crippen LogP contribution in [0.25, 0.3) is 0 Å². The van der Waals surface area contributed by atoms with Crippen molar-refractivity contribution in [3.8, 4) is 0 Å². The summed E-state index contributed by atoms with van der Waals surface area (Å²) in [5, 5.41) is 3.75. The van der Waals surface area contributed by atoms with Gasteiger partial charge in [-0.3, -0.25) is 4.98 Å². The summed E-state index contributed by atoms with van der Waals surface area (Å²) in [6.45, 7) is 6.19. The quantitative estimate of drug-likeness (QED) is 0.792. The molecule has 1 atom stereocenters. The molecule has 0 aromatic carbocycles. The summed E-state index contributed by atoms with van der Waals surface area (Å²) in [5.41, 5.74) is 1.16. The highest BCUT2D eigenvalue weighted by atomic mass is 16.5. The monoisotopic (exact) mass is 290 g/mol. The zero-order valence-corrected chi connectivity index (χ0v) is 13.6. The lowest BCUT2D eigenvalue weighted by Gasteiger charge is -2.43. The van der Waals surface area contributed by atoms with Gasteiger partial charge >= 0.3 is 0 Å². The molecule has 1 fully saturated rings. The molecule has 0 aliphatic heterocycles. The van der Waals surface area contributed by atoms with Crippen LogP contribution in [0.4, 0.5) is 0 Å². The minimum atomic E-state index is -0.000306. The topological polar surface area (TPSA) is 34.2 Å². The van der Waals surface area contributed by atoms with E-state index in [1.165, 1.54) is 32.1 Å². The van der Waals surface area contributed by atoms with Crippen molar-refractivity contribution < 1.29 is 4.74 Å². The standard InChI is InChI=1S/C18H30N2O/c1-3-13-20-17(15-16-10-6-9-14-19-16)18(21-4-2)11-7-5-8-12-18/h6,9-10,14,17,20H,3-5,7-8,11-13,15H2,1-2H3. The predicted molar refractivity (Wildman–Crippen MR) is 87.5 cm³/mol. The molecule has 1 aliphatic rings. The number of hydrogen-bond donors (Lipinski definition) is 1. The summed E-state index contributed by atoms with van der Waals surface area (Å²) in [6.07, 6.45) is 10.3. The number of rotatable bonds is 8. The molecule has 0 saturated heterocycles. The SMILES string of the molecule is CCCNC(Cc1ccccn1)C1(OCC)CCCCC1. The normalized spacial score (nSPS) is 19.3. The molecule has 0 radical (unpaired) electrons. The minimum absolute atomic E-state index is 0.000306. The van der Waals surface area contributed by atoms with Crippen LogP contribution in [0.1, 0.15) is 58.1 Å². The molecule has 3 nitrogen and oxygen atoms in total. The Hall–Kier alpha value is -0.930. The maximum atomic E-state index is 6.31. The van der Waals surface area contributed by atoms with Crippen molar-refractivity contribution in [1.82, 2.24) is 10.3 Å². The van der Waals surface area contributed by atoms with Crippen LogP contribution >= 0.6 is 0 Å². The van der Waals surface area contributed by atoms with E-state index in [4.69, 9.17) is 4.74 Å². The summed E-state index contributed by atoms with van der Waals surface area (Å²) < 4.78 is 6.31. The van der Waals surface area contributed by atoms with E-state index in [1.807, 2.05) is 12.3 Å². The summed E-state index contributed by atoms with van der Waals surface area (Å²) in [4.78, 5) is 4.52. The second kappa shape index (κ2) is 8.50. The van der Waals surface area contributed by atoms with Crippen LogP contribution < -0.4 is 5.32 Å². The Balaban J connectivity index is 2.15. The van der Waals surface area contributed by atoms with Gasteiger partial charge in [-0.1, -0.05) is 32.3 Å². The van der Waals surface area contributed by atoms with Crippen molar-refractivity contribution >= 4 is 0 Å². The smallest absolute Gasteiger partial charge is 0.0838 e. The zero-order chi connectivity index (χ0) is 15.0. The average Bonchev–Trinajstić information content (AvgIpc) is 2.53. The molecule has 1 aromatic heterocycles. The van der Waals surface area contributed by atoms with Gasteiger partial charge < -0.3 is 10.1 Å². The molecule has 1 aromatic rings. The molecule has 0 spiro atoms. The lowest BCUT2D eigenvalue weighted by molar-refractivity contribution is -0.0898. The number of ether oxygens (including phenoxy) is 1. The number of pyridine rings is 1. The van der Waals surface area contributed by atoms with Crippen molar-refractivity contribution in [2.24, 2.45) is 0 Å². The van der Waals surface area contributed by atoms with E-state index in [0.29, 0.717) is 6.04 Å². The van der Waals surface area contributed by atoms with Crippen LogP contribution in [0, 0.1) is 0 Å². The molecule has 1 heterocycles. The van der Waals surface area contributed by atoms with E-state index in [9.17, 15) is 0 Å². The molecule has 3 heteroatoms. The van der Waals surface area contributed by atoms with Gasteiger partial charge in [-0.2, -0.15) is 0 Å². The Morgan fingerprint density at radius 3 is 2.67 bits per heavy atom. The molecule has 0 amide bonds. The van der Waals surface area contributed by atoms with Gasteiger partial charge in [0.05, 0.1) is 5.60 Å². The van der Waals surface area contributed by atoms with Crippen LogP contribution in [-0.2, 0) is 11.2 Å². The van der Waals surface area contributed by atoms with Crippen molar-refractivity contribution in [2.75, 3.05) is 13.2 Å². The Morgan fingerprint density at radius 1 is 1.24 bits per heavy atom. The second-order valence-corrected chi connectivity index (χ2v) is 6.09. The highest BCUT2D eigenvalue weighted by molar-refractivity contribution is 5.09. The van der Waals surface area contributed by atoms with Crippen molar-refractivity contribution in [3.63, 3.8) is 0 Å². The number of aromatic nitrogens is 1. The molecule has 1 unspecified atom stereocenters. The van der Waals surface area contributed by atoms with Crippen molar-refractivity contribution in [1.29, 1.82) is 0 Å². The Morgan fingerprint density at radius 2 is 2.05 bits per heavy atom. The minimum Gasteiger partial charge on any atom is -0.374 e. The fourth-order valence-electron chi connectivity index (χ4n) is 3.52. The number of hydrogen-bond acceptors (Lipinski definition) is 3. The van der Waals surface area contributed by atoms with Gasteiger partial charge in [0.1, 0.15) is 0 Å². The highest BCUT2D eigenvalue weighted by Gasteiger charge is 2.40. The van der Waals surface area contributed by atoms with Gasteiger partial charge in [0.2, 0.25) is 0 Å². The van der Waals surface area contributed by atoms with E-state index in [-0.39, 0.29) is 5.60 Å². The van der Waals surface area contributed by atoms with E-state index in [0.717, 1.165) is 31.7 Å². The first-order valence-corrected chi connectivity index (χ1v) is 8.58. The lowest BCUT2D eigenvalue weighted by Crippen LogP contribution is -2.55. The van der Waals surface area contributed by atoms with Crippen LogP contribution in [0.2, 0.25) is 0 Å².